The Morgan fingerprint density at radius 2 is 2.04 bits per heavy atom. The van der Waals surface area contributed by atoms with Crippen LogP contribution in [0.25, 0.3) is 0 Å². The van der Waals surface area contributed by atoms with Gasteiger partial charge in [-0.05, 0) is 30.5 Å². The van der Waals surface area contributed by atoms with Gasteiger partial charge in [-0.15, -0.1) is 0 Å². The Morgan fingerprint density at radius 1 is 1.30 bits per heavy atom. The number of hydrogen-bond acceptors (Lipinski definition) is 4. The Hall–Kier alpha value is -1.59. The molecule has 1 aromatic rings. The van der Waals surface area contributed by atoms with E-state index in [9.17, 15) is 9.90 Å². The van der Waals surface area contributed by atoms with Crippen LogP contribution in [0.1, 0.15) is 24.8 Å². The van der Waals surface area contributed by atoms with Crippen LogP contribution in [0, 0.1) is 11.8 Å². The van der Waals surface area contributed by atoms with Crippen LogP contribution in [0.3, 0.4) is 0 Å². The summed E-state index contributed by atoms with van der Waals surface area (Å²) in [4.78, 5) is 14.5. The van der Waals surface area contributed by atoms with Crippen LogP contribution in [0.2, 0.25) is 0 Å². The maximum atomic E-state index is 12.2. The summed E-state index contributed by atoms with van der Waals surface area (Å²) in [5.74, 6) is 1.35. The Labute approximate surface area is 137 Å². The quantitative estimate of drug-likeness (QED) is 0.832. The third kappa shape index (κ3) is 3.85. The zero-order chi connectivity index (χ0) is 16.2. The van der Waals surface area contributed by atoms with Crippen molar-refractivity contribution in [3.63, 3.8) is 0 Å². The van der Waals surface area contributed by atoms with E-state index in [1.54, 1.807) is 7.11 Å². The molecule has 2 fully saturated rings. The highest BCUT2D eigenvalue weighted by Crippen LogP contribution is 2.27. The smallest absolute Gasteiger partial charge is 0.223 e. The first-order valence-electron chi connectivity index (χ1n) is 8.46. The lowest BCUT2D eigenvalue weighted by atomic mass is 9.84. The van der Waals surface area contributed by atoms with Crippen molar-refractivity contribution >= 4 is 5.91 Å². The molecule has 5 nitrogen and oxygen atoms in total. The van der Waals surface area contributed by atoms with Gasteiger partial charge >= 0.3 is 0 Å². The van der Waals surface area contributed by atoms with Crippen molar-refractivity contribution in [1.82, 2.24) is 10.2 Å². The van der Waals surface area contributed by atoms with Crippen LogP contribution < -0.4 is 10.1 Å². The highest BCUT2D eigenvalue weighted by atomic mass is 16.5. The lowest BCUT2D eigenvalue weighted by Crippen LogP contribution is -2.45. The van der Waals surface area contributed by atoms with E-state index in [0.29, 0.717) is 0 Å². The number of methoxy groups -OCH3 is 1. The first-order valence-corrected chi connectivity index (χ1v) is 8.46. The van der Waals surface area contributed by atoms with Gasteiger partial charge in [0.25, 0.3) is 0 Å². The van der Waals surface area contributed by atoms with Gasteiger partial charge in [-0.1, -0.05) is 18.6 Å². The van der Waals surface area contributed by atoms with Crippen LogP contribution in [-0.4, -0.2) is 48.8 Å². The number of benzene rings is 1. The molecule has 2 N–H and O–H groups in total. The molecule has 0 aromatic heterocycles. The molecule has 0 bridgehead atoms. The summed E-state index contributed by atoms with van der Waals surface area (Å²) in [5, 5.41) is 12.8. The number of aliphatic hydroxyl groups excluding tert-OH is 1. The Bertz CT molecular complexity index is 528. The summed E-state index contributed by atoms with van der Waals surface area (Å²) in [5.41, 5.74) is 1.22. The van der Waals surface area contributed by atoms with Crippen LogP contribution in [-0.2, 0) is 11.3 Å². The van der Waals surface area contributed by atoms with E-state index in [-0.39, 0.29) is 30.4 Å². The molecule has 1 saturated carbocycles. The van der Waals surface area contributed by atoms with E-state index in [1.165, 1.54) is 5.56 Å². The first kappa shape index (κ1) is 16.3. The minimum absolute atomic E-state index is 0.0614. The fourth-order valence-electron chi connectivity index (χ4n) is 3.40. The molecule has 1 heterocycles. The Balaban J connectivity index is 1.55. The van der Waals surface area contributed by atoms with Crippen molar-refractivity contribution in [2.75, 3.05) is 26.8 Å². The molecular weight excluding hydrogens is 292 g/mol. The van der Waals surface area contributed by atoms with Gasteiger partial charge in [0.1, 0.15) is 5.75 Å². The fourth-order valence-corrected chi connectivity index (χ4v) is 3.40. The standard InChI is InChI=1S/C18H26N2O3/c1-23-16-7-5-13(6-8-16)9-20-10-15(12-21)17(11-20)19-18(22)14-3-2-4-14/h5-8,14-15,17,21H,2-4,9-12H2,1H3,(H,19,22)/t15-,17+/m0/s1. The largest absolute Gasteiger partial charge is 0.497 e. The Morgan fingerprint density at radius 3 is 2.61 bits per heavy atom. The minimum atomic E-state index is 0.0614. The van der Waals surface area contributed by atoms with Gasteiger partial charge < -0.3 is 15.2 Å². The van der Waals surface area contributed by atoms with Gasteiger partial charge in [0.05, 0.1) is 7.11 Å². The average Bonchev–Trinajstić information content (AvgIpc) is 2.87. The molecule has 2 aliphatic rings. The molecule has 3 rings (SSSR count). The zero-order valence-electron chi connectivity index (χ0n) is 13.7. The van der Waals surface area contributed by atoms with Crippen molar-refractivity contribution in [3.8, 4) is 5.75 Å². The highest BCUT2D eigenvalue weighted by molar-refractivity contribution is 5.79. The summed E-state index contributed by atoms with van der Waals surface area (Å²) in [6.07, 6.45) is 3.19. The predicted octanol–water partition coefficient (Wildman–Crippen LogP) is 1.40. The monoisotopic (exact) mass is 318 g/mol. The summed E-state index contributed by atoms with van der Waals surface area (Å²) in [6, 6.07) is 8.11. The van der Waals surface area contributed by atoms with Gasteiger partial charge in [-0.2, -0.15) is 0 Å². The SMILES string of the molecule is COc1ccc(CN2C[C@@H](CO)[C@H](NC(=O)C3CCC3)C2)cc1. The van der Waals surface area contributed by atoms with E-state index < -0.39 is 0 Å². The molecule has 1 aliphatic heterocycles. The second-order valence-corrected chi connectivity index (χ2v) is 6.73. The number of ether oxygens (including phenoxy) is 1. The summed E-state index contributed by atoms with van der Waals surface area (Å²) < 4.78 is 5.18. The zero-order valence-corrected chi connectivity index (χ0v) is 13.7. The number of nitrogens with one attached hydrogen (secondary N) is 1. The molecule has 2 atom stereocenters. The molecule has 1 saturated heterocycles. The molecule has 0 unspecified atom stereocenters. The van der Waals surface area contributed by atoms with Gasteiger partial charge in [0.15, 0.2) is 0 Å². The van der Waals surface area contributed by atoms with Crippen LogP contribution >= 0.6 is 0 Å². The third-order valence-electron chi connectivity index (χ3n) is 5.12. The second kappa shape index (κ2) is 7.32. The van der Waals surface area contributed by atoms with Crippen molar-refractivity contribution in [2.45, 2.75) is 31.8 Å². The normalized spacial score (nSPS) is 25.1. The molecule has 1 amide bonds. The number of hydrogen-bond donors (Lipinski definition) is 2. The van der Waals surface area contributed by atoms with Crippen molar-refractivity contribution in [1.29, 1.82) is 0 Å². The van der Waals surface area contributed by atoms with Gasteiger partial charge in [0, 0.05) is 44.1 Å². The highest BCUT2D eigenvalue weighted by Gasteiger charge is 2.35. The fraction of sp³-hybridized carbons (Fsp3) is 0.611. The molecule has 5 heteroatoms. The summed E-state index contributed by atoms with van der Waals surface area (Å²) >= 11 is 0. The van der Waals surface area contributed by atoms with Crippen LogP contribution in [0.5, 0.6) is 5.75 Å². The second-order valence-electron chi connectivity index (χ2n) is 6.73. The number of amides is 1. The van der Waals surface area contributed by atoms with Crippen molar-refractivity contribution in [2.24, 2.45) is 11.8 Å². The van der Waals surface area contributed by atoms with E-state index in [4.69, 9.17) is 4.74 Å². The predicted molar refractivity (Wildman–Crippen MR) is 88.1 cm³/mol. The van der Waals surface area contributed by atoms with E-state index >= 15 is 0 Å². The Kier molecular flexibility index (Phi) is 5.18. The average molecular weight is 318 g/mol. The molecule has 0 spiro atoms. The number of likely N-dealkylation sites (tertiary alicyclic amines) is 1. The molecular formula is C18H26N2O3. The topological polar surface area (TPSA) is 61.8 Å². The minimum Gasteiger partial charge on any atom is -0.497 e. The van der Waals surface area contributed by atoms with Gasteiger partial charge in [-0.25, -0.2) is 0 Å². The maximum Gasteiger partial charge on any atom is 0.223 e. The number of aliphatic hydroxyl groups is 1. The number of carbonyl (C=O) groups is 1. The van der Waals surface area contributed by atoms with Gasteiger partial charge in [0.2, 0.25) is 5.91 Å². The third-order valence-corrected chi connectivity index (χ3v) is 5.12. The molecule has 1 aromatic carbocycles. The number of carbonyl (C=O) groups excluding carboxylic acids is 1. The summed E-state index contributed by atoms with van der Waals surface area (Å²) in [7, 11) is 1.66. The first-order chi connectivity index (χ1) is 11.2. The number of nitrogens with zero attached hydrogens (tertiary/aromatic N) is 1. The summed E-state index contributed by atoms with van der Waals surface area (Å²) in [6.45, 7) is 2.57. The van der Waals surface area contributed by atoms with Crippen LogP contribution in [0.4, 0.5) is 0 Å². The van der Waals surface area contributed by atoms with E-state index in [0.717, 1.165) is 44.6 Å². The van der Waals surface area contributed by atoms with Crippen LogP contribution in [0.15, 0.2) is 24.3 Å². The maximum absolute atomic E-state index is 12.2. The number of rotatable bonds is 6. The molecule has 0 radical (unpaired) electrons. The molecule has 1 aliphatic carbocycles. The molecule has 126 valence electrons. The van der Waals surface area contributed by atoms with Crippen molar-refractivity contribution < 1.29 is 14.6 Å². The van der Waals surface area contributed by atoms with E-state index in [1.807, 2.05) is 12.1 Å². The van der Waals surface area contributed by atoms with Gasteiger partial charge in [-0.3, -0.25) is 9.69 Å². The lowest BCUT2D eigenvalue weighted by Gasteiger charge is -2.27. The lowest BCUT2D eigenvalue weighted by molar-refractivity contribution is -0.128. The van der Waals surface area contributed by atoms with E-state index in [2.05, 4.69) is 22.3 Å². The van der Waals surface area contributed by atoms with Crippen molar-refractivity contribution in [3.05, 3.63) is 29.8 Å². The molecule has 23 heavy (non-hydrogen) atoms.